The zero-order valence-electron chi connectivity index (χ0n) is 17.6. The molecule has 0 radical (unpaired) electrons. The molecule has 0 unspecified atom stereocenters. The minimum atomic E-state index is -4.37. The van der Waals surface area contributed by atoms with Crippen molar-refractivity contribution in [1.82, 2.24) is 15.0 Å². The van der Waals surface area contributed by atoms with Crippen molar-refractivity contribution in [2.45, 2.75) is 62.3 Å². The first-order chi connectivity index (χ1) is 14.6. The summed E-state index contributed by atoms with van der Waals surface area (Å²) in [5.74, 6) is 0.356. The number of alkyl halides is 3. The first-order valence-electron chi connectivity index (χ1n) is 10.5. The van der Waals surface area contributed by atoms with Gasteiger partial charge in [-0.15, -0.1) is 12.4 Å². The largest absolute Gasteiger partial charge is 0.416 e. The van der Waals surface area contributed by atoms with E-state index in [1.807, 2.05) is 6.07 Å². The number of sulfonamides is 1. The first kappa shape index (κ1) is 25.0. The lowest BCUT2D eigenvalue weighted by molar-refractivity contribution is -0.137. The number of nitrogens with one attached hydrogen (secondary N) is 2. The maximum absolute atomic E-state index is 12.9. The molecule has 1 aromatic heterocycles. The lowest BCUT2D eigenvalue weighted by Crippen LogP contribution is -2.42. The summed E-state index contributed by atoms with van der Waals surface area (Å²) in [5, 5.41) is 3.67. The van der Waals surface area contributed by atoms with Crippen molar-refractivity contribution in [2.24, 2.45) is 0 Å². The third-order valence-electron chi connectivity index (χ3n) is 6.05. The number of hydrogen-bond acceptors (Lipinski definition) is 4. The molecule has 0 saturated heterocycles. The van der Waals surface area contributed by atoms with E-state index in [0.29, 0.717) is 29.3 Å². The maximum atomic E-state index is 12.9. The van der Waals surface area contributed by atoms with Crippen LogP contribution in [0.1, 0.15) is 49.1 Å². The Hall–Kier alpha value is -1.68. The number of halogens is 4. The van der Waals surface area contributed by atoms with Crippen LogP contribution in [-0.2, 0) is 16.2 Å². The zero-order valence-corrected chi connectivity index (χ0v) is 19.2. The van der Waals surface area contributed by atoms with Gasteiger partial charge >= 0.3 is 6.18 Å². The molecule has 4 rings (SSSR count). The highest BCUT2D eigenvalue weighted by molar-refractivity contribution is 7.88. The Balaban J connectivity index is 0.00000289. The van der Waals surface area contributed by atoms with Gasteiger partial charge in [-0.2, -0.15) is 13.2 Å². The number of nitrogens with zero attached hydrogens (tertiary/aromatic N) is 1. The van der Waals surface area contributed by atoms with Crippen LogP contribution in [0.4, 0.5) is 13.2 Å². The molecule has 2 saturated carbocycles. The van der Waals surface area contributed by atoms with Crippen LogP contribution in [-0.4, -0.2) is 37.8 Å². The van der Waals surface area contributed by atoms with Crippen LogP contribution in [0.2, 0.25) is 0 Å². The second-order valence-electron chi connectivity index (χ2n) is 8.61. The van der Waals surface area contributed by atoms with Crippen molar-refractivity contribution < 1.29 is 21.6 Å². The van der Waals surface area contributed by atoms with Crippen molar-refractivity contribution in [1.29, 1.82) is 0 Å². The van der Waals surface area contributed by atoms with Gasteiger partial charge in [-0.25, -0.2) is 13.1 Å². The SMILES string of the molecule is CS(=O)(=O)NC1CCC(N[C@@H]2C[C@H]2c2ccc(-c3cccc(C(F)(F)F)c3)nc2)CC1.Cl. The number of aromatic nitrogens is 1. The van der Waals surface area contributed by atoms with E-state index in [1.165, 1.54) is 12.3 Å². The Morgan fingerprint density at radius 1 is 1.03 bits per heavy atom. The smallest absolute Gasteiger partial charge is 0.311 e. The molecule has 2 atom stereocenters. The highest BCUT2D eigenvalue weighted by Gasteiger charge is 2.40. The standard InChI is InChI=1S/C22H26F3N3O2S.ClH/c1-31(29,30)28-18-8-6-17(7-9-18)27-21-12-19(21)15-5-10-20(26-13-15)14-3-2-4-16(11-14)22(23,24)25;/h2-5,10-11,13,17-19,21,27-28H,6-9,12H2,1H3;1H/t17?,18?,19-,21+;/m0./s1. The summed E-state index contributed by atoms with van der Waals surface area (Å²) in [6.45, 7) is 0. The van der Waals surface area contributed by atoms with Crippen molar-refractivity contribution in [2.75, 3.05) is 6.26 Å². The van der Waals surface area contributed by atoms with E-state index in [-0.39, 0.29) is 18.4 Å². The Morgan fingerprint density at radius 3 is 2.31 bits per heavy atom. The summed E-state index contributed by atoms with van der Waals surface area (Å²) in [4.78, 5) is 4.40. The summed E-state index contributed by atoms with van der Waals surface area (Å²) in [7, 11) is -3.16. The molecule has 0 amide bonds. The molecule has 0 spiro atoms. The third-order valence-corrected chi connectivity index (χ3v) is 6.81. The Morgan fingerprint density at radius 2 is 1.72 bits per heavy atom. The lowest BCUT2D eigenvalue weighted by Gasteiger charge is -2.29. The van der Waals surface area contributed by atoms with E-state index in [9.17, 15) is 21.6 Å². The van der Waals surface area contributed by atoms with Gasteiger partial charge in [-0.05, 0) is 55.9 Å². The first-order valence-corrected chi connectivity index (χ1v) is 12.3. The van der Waals surface area contributed by atoms with Gasteiger partial charge in [0, 0.05) is 35.8 Å². The van der Waals surface area contributed by atoms with Crippen LogP contribution in [0.3, 0.4) is 0 Å². The van der Waals surface area contributed by atoms with E-state index in [4.69, 9.17) is 0 Å². The van der Waals surface area contributed by atoms with Crippen LogP contribution < -0.4 is 10.0 Å². The lowest BCUT2D eigenvalue weighted by atomic mass is 9.91. The summed E-state index contributed by atoms with van der Waals surface area (Å²) >= 11 is 0. The highest BCUT2D eigenvalue weighted by Crippen LogP contribution is 2.42. The third kappa shape index (κ3) is 6.43. The van der Waals surface area contributed by atoms with Crippen LogP contribution in [0, 0.1) is 0 Å². The number of benzene rings is 1. The van der Waals surface area contributed by atoms with Gasteiger partial charge in [0.2, 0.25) is 10.0 Å². The molecule has 1 aromatic carbocycles. The fourth-order valence-electron chi connectivity index (χ4n) is 4.38. The van der Waals surface area contributed by atoms with Crippen LogP contribution in [0.15, 0.2) is 42.6 Å². The summed E-state index contributed by atoms with van der Waals surface area (Å²) in [6, 6.07) is 9.71. The molecule has 5 nitrogen and oxygen atoms in total. The minimum Gasteiger partial charge on any atom is -0.311 e. The topological polar surface area (TPSA) is 71.1 Å². The van der Waals surface area contributed by atoms with Gasteiger partial charge in [-0.3, -0.25) is 4.98 Å². The normalized spacial score (nSPS) is 25.8. The van der Waals surface area contributed by atoms with E-state index in [1.54, 1.807) is 18.3 Å². The molecule has 2 aliphatic rings. The molecule has 1 heterocycles. The van der Waals surface area contributed by atoms with Crippen molar-refractivity contribution in [3.8, 4) is 11.3 Å². The van der Waals surface area contributed by atoms with E-state index in [0.717, 1.165) is 49.8 Å². The molecule has 0 aliphatic heterocycles. The van der Waals surface area contributed by atoms with Crippen LogP contribution >= 0.6 is 12.4 Å². The number of pyridine rings is 1. The Labute approximate surface area is 192 Å². The van der Waals surface area contributed by atoms with E-state index < -0.39 is 21.8 Å². The summed E-state index contributed by atoms with van der Waals surface area (Å²) in [5.41, 5.74) is 1.38. The highest BCUT2D eigenvalue weighted by atomic mass is 35.5. The molecule has 10 heteroatoms. The maximum Gasteiger partial charge on any atom is 0.416 e. The molecule has 176 valence electrons. The van der Waals surface area contributed by atoms with Gasteiger partial charge in [-0.1, -0.05) is 18.2 Å². The molecule has 2 fully saturated rings. The molecule has 32 heavy (non-hydrogen) atoms. The Bertz CT molecular complexity index is 1020. The summed E-state index contributed by atoms with van der Waals surface area (Å²) < 4.78 is 64.2. The average molecular weight is 490 g/mol. The van der Waals surface area contributed by atoms with Gasteiger partial charge in [0.15, 0.2) is 0 Å². The molecule has 2 aliphatic carbocycles. The molecule has 2 N–H and O–H groups in total. The zero-order chi connectivity index (χ0) is 22.2. The molecular formula is C22H27ClF3N3O2S. The predicted octanol–water partition coefficient (Wildman–Crippen LogP) is 4.50. The van der Waals surface area contributed by atoms with Gasteiger partial charge in [0.25, 0.3) is 0 Å². The summed E-state index contributed by atoms with van der Waals surface area (Å²) in [6.07, 6.45) is 3.11. The van der Waals surface area contributed by atoms with Gasteiger partial charge < -0.3 is 5.32 Å². The monoisotopic (exact) mass is 489 g/mol. The van der Waals surface area contributed by atoms with Crippen molar-refractivity contribution in [3.63, 3.8) is 0 Å². The predicted molar refractivity (Wildman–Crippen MR) is 120 cm³/mol. The van der Waals surface area contributed by atoms with Crippen molar-refractivity contribution >= 4 is 22.4 Å². The van der Waals surface area contributed by atoms with Crippen molar-refractivity contribution in [3.05, 3.63) is 53.7 Å². The Kier molecular flexibility index (Phi) is 7.54. The second kappa shape index (κ2) is 9.67. The quantitative estimate of drug-likeness (QED) is 0.627. The molecular weight excluding hydrogens is 463 g/mol. The van der Waals surface area contributed by atoms with E-state index in [2.05, 4.69) is 15.0 Å². The molecule has 2 aromatic rings. The van der Waals surface area contributed by atoms with Crippen LogP contribution in [0.5, 0.6) is 0 Å². The fraction of sp³-hybridized carbons (Fsp3) is 0.500. The van der Waals surface area contributed by atoms with Gasteiger partial charge in [0.1, 0.15) is 0 Å². The number of rotatable bonds is 6. The second-order valence-corrected chi connectivity index (χ2v) is 10.4. The van der Waals surface area contributed by atoms with E-state index >= 15 is 0 Å². The number of hydrogen-bond donors (Lipinski definition) is 2. The minimum absolute atomic E-state index is 0. The molecule has 0 bridgehead atoms. The average Bonchev–Trinajstić information content (AvgIpc) is 3.47. The van der Waals surface area contributed by atoms with Crippen LogP contribution in [0.25, 0.3) is 11.3 Å². The fourth-order valence-corrected chi connectivity index (χ4v) is 5.22. The van der Waals surface area contributed by atoms with Gasteiger partial charge in [0.05, 0.1) is 17.5 Å².